The molecule has 2 amide bonds. The number of aryl methyl sites for hydroxylation is 1. The summed E-state index contributed by atoms with van der Waals surface area (Å²) in [5.74, 6) is -0.348. The van der Waals surface area contributed by atoms with E-state index in [1.807, 2.05) is 19.1 Å². The maximum atomic E-state index is 12.6. The van der Waals surface area contributed by atoms with Crippen LogP contribution >= 0.6 is 0 Å². The zero-order chi connectivity index (χ0) is 19.5. The average Bonchev–Trinajstić information content (AvgIpc) is 3.42. The van der Waals surface area contributed by atoms with Gasteiger partial charge in [-0.05, 0) is 24.6 Å². The maximum Gasteiger partial charge on any atom is 0.269 e. The number of hydrogen-bond acceptors (Lipinski definition) is 5. The van der Waals surface area contributed by atoms with Crippen molar-refractivity contribution in [2.24, 2.45) is 0 Å². The van der Waals surface area contributed by atoms with Gasteiger partial charge in [0.15, 0.2) is 0 Å². The van der Waals surface area contributed by atoms with Gasteiger partial charge in [0.1, 0.15) is 5.69 Å². The first-order chi connectivity index (χ1) is 13.7. The normalized spacial score (nSPS) is 15.2. The first-order valence-electron chi connectivity index (χ1n) is 9.20. The zero-order valence-corrected chi connectivity index (χ0v) is 15.5. The van der Waals surface area contributed by atoms with Crippen molar-refractivity contribution in [1.82, 2.24) is 35.2 Å². The molecule has 2 N–H and O–H groups in total. The van der Waals surface area contributed by atoms with Crippen LogP contribution in [0.4, 0.5) is 0 Å². The van der Waals surface area contributed by atoms with Crippen LogP contribution in [0, 0.1) is 0 Å². The van der Waals surface area contributed by atoms with E-state index in [0.717, 1.165) is 11.3 Å². The Morgan fingerprint density at radius 1 is 1.18 bits per heavy atom. The van der Waals surface area contributed by atoms with E-state index < -0.39 is 0 Å². The van der Waals surface area contributed by atoms with Gasteiger partial charge < -0.3 is 10.6 Å². The van der Waals surface area contributed by atoms with Crippen LogP contribution in [0.5, 0.6) is 0 Å². The van der Waals surface area contributed by atoms with E-state index in [-0.39, 0.29) is 17.9 Å². The van der Waals surface area contributed by atoms with Crippen molar-refractivity contribution in [2.75, 3.05) is 0 Å². The van der Waals surface area contributed by atoms with E-state index in [0.29, 0.717) is 37.3 Å². The number of carbonyl (C=O) groups excluding carboxylic acids is 2. The predicted octanol–water partition coefficient (Wildman–Crippen LogP) is 0.779. The van der Waals surface area contributed by atoms with Crippen LogP contribution in [-0.2, 0) is 26.1 Å². The summed E-state index contributed by atoms with van der Waals surface area (Å²) in [5.41, 5.74) is 2.83. The molecule has 0 bridgehead atoms. The summed E-state index contributed by atoms with van der Waals surface area (Å²) in [5, 5.41) is 14.3. The molecular formula is C19H21N7O2. The lowest BCUT2D eigenvalue weighted by molar-refractivity contribution is 0.0924. The highest BCUT2D eigenvalue weighted by Gasteiger charge is 2.29. The third-order valence-electron chi connectivity index (χ3n) is 4.79. The molecule has 0 fully saturated rings. The van der Waals surface area contributed by atoms with Crippen LogP contribution in [0.1, 0.15) is 39.0 Å². The minimum atomic E-state index is -0.180. The quantitative estimate of drug-likeness (QED) is 0.658. The van der Waals surface area contributed by atoms with E-state index >= 15 is 0 Å². The van der Waals surface area contributed by atoms with Gasteiger partial charge >= 0.3 is 0 Å². The van der Waals surface area contributed by atoms with E-state index in [9.17, 15) is 9.59 Å². The van der Waals surface area contributed by atoms with Gasteiger partial charge in [-0.25, -0.2) is 0 Å². The Bertz CT molecular complexity index is 993. The van der Waals surface area contributed by atoms with Gasteiger partial charge in [0.2, 0.25) is 0 Å². The summed E-state index contributed by atoms with van der Waals surface area (Å²) in [6, 6.07) is 5.32. The third-order valence-corrected chi connectivity index (χ3v) is 4.79. The number of nitrogens with one attached hydrogen (secondary N) is 2. The fraction of sp³-hybridized carbons (Fsp3) is 0.316. The van der Waals surface area contributed by atoms with Gasteiger partial charge in [-0.1, -0.05) is 6.07 Å². The SMILES string of the molecule is CCn1nccc1C(=O)N[C@H]1Cc2c(C(=O)NCc3cccnc3)cnn2C1. The van der Waals surface area contributed by atoms with E-state index in [1.165, 1.54) is 0 Å². The summed E-state index contributed by atoms with van der Waals surface area (Å²) in [4.78, 5) is 29.1. The van der Waals surface area contributed by atoms with Crippen LogP contribution < -0.4 is 10.6 Å². The molecule has 1 aliphatic rings. The average molecular weight is 379 g/mol. The molecule has 28 heavy (non-hydrogen) atoms. The Hall–Kier alpha value is -3.49. The maximum absolute atomic E-state index is 12.6. The van der Waals surface area contributed by atoms with Gasteiger partial charge in [0.05, 0.1) is 30.0 Å². The summed E-state index contributed by atoms with van der Waals surface area (Å²) in [6.45, 7) is 3.50. The molecule has 1 atom stereocenters. The van der Waals surface area contributed by atoms with Crippen molar-refractivity contribution < 1.29 is 9.59 Å². The highest BCUT2D eigenvalue weighted by atomic mass is 16.2. The molecule has 0 spiro atoms. The van der Waals surface area contributed by atoms with Crippen molar-refractivity contribution in [3.63, 3.8) is 0 Å². The molecule has 0 aromatic carbocycles. The van der Waals surface area contributed by atoms with E-state index in [1.54, 1.807) is 40.2 Å². The van der Waals surface area contributed by atoms with Crippen LogP contribution in [0.2, 0.25) is 0 Å². The van der Waals surface area contributed by atoms with Crippen molar-refractivity contribution in [3.05, 3.63) is 65.5 Å². The molecule has 0 radical (unpaired) electrons. The van der Waals surface area contributed by atoms with Crippen LogP contribution in [0.3, 0.4) is 0 Å². The lowest BCUT2D eigenvalue weighted by atomic mass is 10.1. The van der Waals surface area contributed by atoms with Gasteiger partial charge in [-0.15, -0.1) is 0 Å². The largest absolute Gasteiger partial charge is 0.348 e. The molecule has 144 valence electrons. The Balaban J connectivity index is 1.39. The monoisotopic (exact) mass is 379 g/mol. The van der Waals surface area contributed by atoms with Crippen LogP contribution in [0.25, 0.3) is 0 Å². The number of hydrogen-bond donors (Lipinski definition) is 2. The van der Waals surface area contributed by atoms with Crippen molar-refractivity contribution in [2.45, 2.75) is 39.0 Å². The summed E-state index contributed by atoms with van der Waals surface area (Å²) in [6.07, 6.45) is 7.16. The number of rotatable bonds is 6. The Morgan fingerprint density at radius 2 is 2.07 bits per heavy atom. The molecule has 4 rings (SSSR count). The molecule has 0 unspecified atom stereocenters. The lowest BCUT2D eigenvalue weighted by Crippen LogP contribution is -2.37. The number of aromatic nitrogens is 5. The fourth-order valence-corrected chi connectivity index (χ4v) is 3.39. The van der Waals surface area contributed by atoms with Crippen molar-refractivity contribution in [3.8, 4) is 0 Å². The second-order valence-corrected chi connectivity index (χ2v) is 6.64. The second kappa shape index (κ2) is 7.63. The summed E-state index contributed by atoms with van der Waals surface area (Å²) < 4.78 is 3.43. The predicted molar refractivity (Wildman–Crippen MR) is 100 cm³/mol. The third kappa shape index (κ3) is 3.51. The first-order valence-corrected chi connectivity index (χ1v) is 9.20. The van der Waals surface area contributed by atoms with Gasteiger partial charge in [-0.2, -0.15) is 10.2 Å². The molecule has 9 heteroatoms. The molecule has 9 nitrogen and oxygen atoms in total. The molecule has 0 saturated carbocycles. The standard InChI is InChI=1S/C19H21N7O2/c1-2-25-16(5-7-22-25)19(28)24-14-8-17-15(11-23-26(17)12-14)18(27)21-10-13-4-3-6-20-9-13/h3-7,9,11,14H,2,8,10,12H2,1H3,(H,21,27)(H,24,28)/t14-/m0/s1. The highest BCUT2D eigenvalue weighted by molar-refractivity contribution is 5.95. The van der Waals surface area contributed by atoms with Crippen LogP contribution in [-0.4, -0.2) is 42.4 Å². The fourth-order valence-electron chi connectivity index (χ4n) is 3.39. The van der Waals surface area contributed by atoms with Gasteiger partial charge in [0, 0.05) is 38.1 Å². The minimum absolute atomic E-state index is 0.110. The lowest BCUT2D eigenvalue weighted by Gasteiger charge is -2.12. The van der Waals surface area contributed by atoms with Crippen LogP contribution in [0.15, 0.2) is 43.0 Å². The molecule has 4 heterocycles. The molecular weight excluding hydrogens is 358 g/mol. The number of nitrogens with zero attached hydrogens (tertiary/aromatic N) is 5. The Labute approximate surface area is 161 Å². The minimum Gasteiger partial charge on any atom is -0.348 e. The molecule has 0 saturated heterocycles. The number of carbonyl (C=O) groups is 2. The number of amides is 2. The summed E-state index contributed by atoms with van der Waals surface area (Å²) >= 11 is 0. The number of fused-ring (bicyclic) bond motifs is 1. The first kappa shape index (κ1) is 17.9. The smallest absolute Gasteiger partial charge is 0.269 e. The van der Waals surface area contributed by atoms with Gasteiger partial charge in [0.25, 0.3) is 11.8 Å². The number of pyridine rings is 1. The Kier molecular flexibility index (Phi) is 4.88. The van der Waals surface area contributed by atoms with E-state index in [4.69, 9.17) is 0 Å². The molecule has 0 aliphatic carbocycles. The Morgan fingerprint density at radius 3 is 2.86 bits per heavy atom. The zero-order valence-electron chi connectivity index (χ0n) is 15.5. The summed E-state index contributed by atoms with van der Waals surface area (Å²) in [7, 11) is 0. The van der Waals surface area contributed by atoms with Crippen molar-refractivity contribution in [1.29, 1.82) is 0 Å². The second-order valence-electron chi connectivity index (χ2n) is 6.64. The van der Waals surface area contributed by atoms with Gasteiger partial charge in [-0.3, -0.25) is 23.9 Å². The molecule has 1 aliphatic heterocycles. The molecule has 3 aromatic rings. The van der Waals surface area contributed by atoms with Crippen molar-refractivity contribution >= 4 is 11.8 Å². The topological polar surface area (TPSA) is 107 Å². The highest BCUT2D eigenvalue weighted by Crippen LogP contribution is 2.19. The van der Waals surface area contributed by atoms with E-state index in [2.05, 4.69) is 25.8 Å². The molecule has 3 aromatic heterocycles.